The Labute approximate surface area is 125 Å². The third kappa shape index (κ3) is 2.71. The van der Waals surface area contributed by atoms with Crippen molar-refractivity contribution in [2.24, 2.45) is 0 Å². The molecule has 0 bridgehead atoms. The molecular formula is C14H13N3OS2. The first-order valence-corrected chi connectivity index (χ1v) is 7.89. The number of nitrogens with zero attached hydrogens (tertiary/aromatic N) is 2. The number of hydrogen-bond donors (Lipinski definition) is 1. The lowest BCUT2D eigenvalue weighted by molar-refractivity contribution is 0.414. The molecule has 3 aromatic rings. The van der Waals surface area contributed by atoms with Crippen LogP contribution in [0.1, 0.15) is 5.82 Å². The molecule has 0 unspecified atom stereocenters. The Kier molecular flexibility index (Phi) is 3.75. The highest BCUT2D eigenvalue weighted by molar-refractivity contribution is 7.98. The first kappa shape index (κ1) is 13.2. The topological polar surface area (TPSA) is 61.0 Å². The summed E-state index contributed by atoms with van der Waals surface area (Å²) in [5.41, 5.74) is 5.94. The van der Waals surface area contributed by atoms with Crippen molar-refractivity contribution in [1.82, 2.24) is 9.97 Å². The molecule has 20 heavy (non-hydrogen) atoms. The van der Waals surface area contributed by atoms with Gasteiger partial charge >= 0.3 is 0 Å². The maximum Gasteiger partial charge on any atom is 0.142 e. The molecule has 0 atom stereocenters. The largest absolute Gasteiger partial charge is 0.497 e. The van der Waals surface area contributed by atoms with Crippen molar-refractivity contribution >= 4 is 39.1 Å². The van der Waals surface area contributed by atoms with Crippen LogP contribution in [-0.4, -0.2) is 17.1 Å². The fraction of sp³-hybridized carbons (Fsp3) is 0.143. The van der Waals surface area contributed by atoms with Crippen LogP contribution in [0.15, 0.2) is 40.6 Å². The lowest BCUT2D eigenvalue weighted by Crippen LogP contribution is -1.98. The highest BCUT2D eigenvalue weighted by Gasteiger charge is 2.06. The highest BCUT2D eigenvalue weighted by atomic mass is 32.2. The molecule has 3 rings (SSSR count). The number of rotatable bonds is 4. The summed E-state index contributed by atoms with van der Waals surface area (Å²) in [4.78, 5) is 11.0. The molecule has 0 aliphatic carbocycles. The van der Waals surface area contributed by atoms with Crippen molar-refractivity contribution in [1.29, 1.82) is 0 Å². The van der Waals surface area contributed by atoms with Crippen molar-refractivity contribution < 1.29 is 4.74 Å². The van der Waals surface area contributed by atoms with Crippen LogP contribution < -0.4 is 10.5 Å². The summed E-state index contributed by atoms with van der Waals surface area (Å²) < 4.78 is 5.14. The van der Waals surface area contributed by atoms with Crippen LogP contribution in [0.4, 0.5) is 5.82 Å². The van der Waals surface area contributed by atoms with Crippen LogP contribution >= 0.6 is 23.1 Å². The Morgan fingerprint density at radius 3 is 2.75 bits per heavy atom. The fourth-order valence-corrected chi connectivity index (χ4v) is 3.35. The second-order valence-electron chi connectivity index (χ2n) is 4.13. The van der Waals surface area contributed by atoms with Crippen LogP contribution in [0, 0.1) is 0 Å². The molecule has 6 heteroatoms. The Morgan fingerprint density at radius 2 is 2.00 bits per heavy atom. The standard InChI is InChI=1S/C14H13N3OS2/c1-18-9-2-4-10(5-3-9)20-8-12-16-13(15)11-6-7-19-14(11)17-12/h2-7H,8H2,1H3,(H2,15,16,17). The number of nitrogen functional groups attached to an aromatic ring is 1. The first-order valence-electron chi connectivity index (χ1n) is 6.03. The minimum absolute atomic E-state index is 0.557. The van der Waals surface area contributed by atoms with E-state index in [1.165, 1.54) is 0 Å². The van der Waals surface area contributed by atoms with E-state index in [1.54, 1.807) is 30.2 Å². The summed E-state index contributed by atoms with van der Waals surface area (Å²) in [6.07, 6.45) is 0. The number of hydrogen-bond acceptors (Lipinski definition) is 6. The molecule has 1 aromatic carbocycles. The molecule has 0 saturated carbocycles. The zero-order valence-electron chi connectivity index (χ0n) is 10.9. The van der Waals surface area contributed by atoms with Gasteiger partial charge < -0.3 is 10.5 Å². The SMILES string of the molecule is COc1ccc(SCc2nc(N)c3ccsc3n2)cc1. The Bertz CT molecular complexity index is 725. The molecule has 2 heterocycles. The van der Waals surface area contributed by atoms with E-state index in [1.807, 2.05) is 35.7 Å². The number of thioether (sulfide) groups is 1. The van der Waals surface area contributed by atoms with E-state index in [2.05, 4.69) is 9.97 Å². The van der Waals surface area contributed by atoms with E-state index in [9.17, 15) is 0 Å². The number of methoxy groups -OCH3 is 1. The van der Waals surface area contributed by atoms with Gasteiger partial charge in [-0.25, -0.2) is 9.97 Å². The number of ether oxygens (including phenoxy) is 1. The molecule has 0 aliphatic rings. The summed E-state index contributed by atoms with van der Waals surface area (Å²) in [5.74, 6) is 2.87. The van der Waals surface area contributed by atoms with E-state index >= 15 is 0 Å². The van der Waals surface area contributed by atoms with E-state index in [0.717, 1.165) is 26.7 Å². The zero-order valence-corrected chi connectivity index (χ0v) is 12.5. The van der Waals surface area contributed by atoms with Crippen LogP contribution in [0.3, 0.4) is 0 Å². The van der Waals surface area contributed by atoms with E-state index in [4.69, 9.17) is 10.5 Å². The quantitative estimate of drug-likeness (QED) is 0.747. The van der Waals surface area contributed by atoms with Gasteiger partial charge in [-0.3, -0.25) is 0 Å². The lowest BCUT2D eigenvalue weighted by Gasteiger charge is -2.04. The second-order valence-corrected chi connectivity index (χ2v) is 6.07. The minimum Gasteiger partial charge on any atom is -0.497 e. The molecule has 0 radical (unpaired) electrons. The number of benzene rings is 1. The molecule has 0 spiro atoms. The first-order chi connectivity index (χ1) is 9.76. The highest BCUT2D eigenvalue weighted by Crippen LogP contribution is 2.27. The average molecular weight is 303 g/mol. The molecule has 2 aromatic heterocycles. The molecule has 0 aliphatic heterocycles. The van der Waals surface area contributed by atoms with Gasteiger partial charge in [0.05, 0.1) is 18.2 Å². The average Bonchev–Trinajstić information content (AvgIpc) is 2.94. The Morgan fingerprint density at radius 1 is 1.20 bits per heavy atom. The maximum atomic E-state index is 5.94. The third-order valence-electron chi connectivity index (χ3n) is 2.83. The predicted octanol–water partition coefficient (Wildman–Crippen LogP) is 3.57. The normalized spacial score (nSPS) is 10.8. The third-order valence-corrected chi connectivity index (χ3v) is 4.64. The minimum atomic E-state index is 0.557. The zero-order chi connectivity index (χ0) is 13.9. The van der Waals surface area contributed by atoms with Gasteiger partial charge in [0.2, 0.25) is 0 Å². The van der Waals surface area contributed by atoms with E-state index in [0.29, 0.717) is 11.6 Å². The second kappa shape index (κ2) is 5.68. The smallest absolute Gasteiger partial charge is 0.142 e. The van der Waals surface area contributed by atoms with Crippen LogP contribution in [0.5, 0.6) is 5.75 Å². The van der Waals surface area contributed by atoms with E-state index < -0.39 is 0 Å². The number of anilines is 1. The van der Waals surface area contributed by atoms with Gasteiger partial charge in [0, 0.05) is 4.90 Å². The molecule has 0 fully saturated rings. The number of aromatic nitrogens is 2. The molecule has 102 valence electrons. The lowest BCUT2D eigenvalue weighted by atomic mass is 10.3. The van der Waals surface area contributed by atoms with Crippen LogP contribution in [0.2, 0.25) is 0 Å². The monoisotopic (exact) mass is 303 g/mol. The van der Waals surface area contributed by atoms with Gasteiger partial charge in [-0.15, -0.1) is 23.1 Å². The number of thiophene rings is 1. The van der Waals surface area contributed by atoms with Crippen molar-refractivity contribution in [3.8, 4) is 5.75 Å². The number of fused-ring (bicyclic) bond motifs is 1. The molecular weight excluding hydrogens is 290 g/mol. The Balaban J connectivity index is 1.75. The van der Waals surface area contributed by atoms with Gasteiger partial charge in [-0.2, -0.15) is 0 Å². The molecule has 4 nitrogen and oxygen atoms in total. The number of nitrogens with two attached hydrogens (primary N) is 1. The van der Waals surface area contributed by atoms with Crippen LogP contribution in [-0.2, 0) is 5.75 Å². The van der Waals surface area contributed by atoms with Crippen molar-refractivity contribution in [2.45, 2.75) is 10.6 Å². The fourth-order valence-electron chi connectivity index (χ4n) is 1.81. The van der Waals surface area contributed by atoms with E-state index in [-0.39, 0.29) is 0 Å². The van der Waals surface area contributed by atoms with Crippen molar-refractivity contribution in [3.63, 3.8) is 0 Å². The van der Waals surface area contributed by atoms with Gasteiger partial charge in [-0.05, 0) is 35.7 Å². The van der Waals surface area contributed by atoms with Gasteiger partial charge in [0.1, 0.15) is 22.2 Å². The van der Waals surface area contributed by atoms with Crippen molar-refractivity contribution in [2.75, 3.05) is 12.8 Å². The van der Waals surface area contributed by atoms with Gasteiger partial charge in [0.25, 0.3) is 0 Å². The van der Waals surface area contributed by atoms with Crippen molar-refractivity contribution in [3.05, 3.63) is 41.5 Å². The summed E-state index contributed by atoms with van der Waals surface area (Å²) in [6, 6.07) is 9.89. The summed E-state index contributed by atoms with van der Waals surface area (Å²) in [5, 5.41) is 2.92. The Hall–Kier alpha value is -1.79. The summed E-state index contributed by atoms with van der Waals surface area (Å²) in [6.45, 7) is 0. The predicted molar refractivity (Wildman–Crippen MR) is 84.4 cm³/mol. The summed E-state index contributed by atoms with van der Waals surface area (Å²) >= 11 is 3.27. The van der Waals surface area contributed by atoms with Gasteiger partial charge in [-0.1, -0.05) is 0 Å². The van der Waals surface area contributed by atoms with Crippen LogP contribution in [0.25, 0.3) is 10.2 Å². The van der Waals surface area contributed by atoms with Gasteiger partial charge in [0.15, 0.2) is 0 Å². The molecule has 0 amide bonds. The molecule has 0 saturated heterocycles. The maximum absolute atomic E-state index is 5.94. The molecule has 2 N–H and O–H groups in total. The summed E-state index contributed by atoms with van der Waals surface area (Å²) in [7, 11) is 1.66.